The van der Waals surface area contributed by atoms with E-state index < -0.39 is 8.32 Å². The van der Waals surface area contributed by atoms with Crippen LogP contribution in [-0.2, 0) is 18.7 Å². The van der Waals surface area contributed by atoms with Gasteiger partial charge in [-0.1, -0.05) is 111 Å². The maximum Gasteiger partial charge on any atom is 0.303 e. The van der Waals surface area contributed by atoms with Crippen LogP contribution in [0.2, 0.25) is 18.1 Å². The molecule has 192 valence electrons. The number of ether oxygens (including phenoxy) is 2. The topological polar surface area (TPSA) is 44.8 Å². The second-order valence-electron chi connectivity index (χ2n) is 11.0. The van der Waals surface area contributed by atoms with Crippen molar-refractivity contribution < 1.29 is 18.7 Å². The first-order valence-electron chi connectivity index (χ1n) is 13.5. The number of rotatable bonds is 21. The van der Waals surface area contributed by atoms with Crippen molar-refractivity contribution in [3.05, 3.63) is 0 Å². The number of carbonyl (C=O) groups is 1. The molecular formula is C27H56O4Si. The van der Waals surface area contributed by atoms with Crippen molar-refractivity contribution in [2.45, 2.75) is 149 Å². The van der Waals surface area contributed by atoms with Crippen molar-refractivity contribution in [2.75, 3.05) is 19.8 Å². The van der Waals surface area contributed by atoms with Crippen LogP contribution in [0.1, 0.15) is 125 Å². The highest BCUT2D eigenvalue weighted by Gasteiger charge is 2.37. The van der Waals surface area contributed by atoms with Gasteiger partial charge in [-0.3, -0.25) is 4.79 Å². The van der Waals surface area contributed by atoms with E-state index in [1.54, 1.807) is 0 Å². The molecule has 0 unspecified atom stereocenters. The van der Waals surface area contributed by atoms with Gasteiger partial charge in [0, 0.05) is 13.5 Å². The lowest BCUT2D eigenvalue weighted by Gasteiger charge is -2.37. The van der Waals surface area contributed by atoms with Crippen LogP contribution >= 0.6 is 0 Å². The minimum absolute atomic E-state index is 0.142. The van der Waals surface area contributed by atoms with Gasteiger partial charge in [-0.25, -0.2) is 0 Å². The van der Waals surface area contributed by atoms with Gasteiger partial charge in [0.15, 0.2) is 8.32 Å². The third-order valence-electron chi connectivity index (χ3n) is 6.71. The fourth-order valence-corrected chi connectivity index (χ4v) is 4.52. The summed E-state index contributed by atoms with van der Waals surface area (Å²) in [6.07, 6.45) is 18.7. The Morgan fingerprint density at radius 1 is 0.750 bits per heavy atom. The standard InChI is InChI=1S/C27H56O4Si/c1-8-9-10-11-12-13-14-15-16-17-18-19-20-21-22-29-23-26(31-25(2)28)24-30-32(6,7)27(3,4)5/h26H,8-24H2,1-7H3/t26-/m1/s1. The molecule has 0 amide bonds. The Hall–Kier alpha value is -0.393. The Morgan fingerprint density at radius 2 is 1.19 bits per heavy atom. The van der Waals surface area contributed by atoms with Crippen molar-refractivity contribution in [3.63, 3.8) is 0 Å². The fourth-order valence-electron chi connectivity index (χ4n) is 3.48. The minimum Gasteiger partial charge on any atom is -0.458 e. The van der Waals surface area contributed by atoms with Crippen molar-refractivity contribution in [1.82, 2.24) is 0 Å². The Morgan fingerprint density at radius 3 is 1.59 bits per heavy atom. The van der Waals surface area contributed by atoms with Gasteiger partial charge in [0.25, 0.3) is 0 Å². The fraction of sp³-hybridized carbons (Fsp3) is 0.963. The maximum atomic E-state index is 11.4. The molecule has 0 aromatic heterocycles. The lowest BCUT2D eigenvalue weighted by molar-refractivity contribution is -0.151. The zero-order chi connectivity index (χ0) is 24.3. The van der Waals surface area contributed by atoms with Gasteiger partial charge in [-0.05, 0) is 24.6 Å². The molecule has 0 rings (SSSR count). The van der Waals surface area contributed by atoms with Crippen molar-refractivity contribution >= 4 is 14.3 Å². The largest absolute Gasteiger partial charge is 0.458 e. The quantitative estimate of drug-likeness (QED) is 0.0954. The van der Waals surface area contributed by atoms with E-state index in [1.807, 2.05) is 0 Å². The van der Waals surface area contributed by atoms with E-state index in [-0.39, 0.29) is 17.1 Å². The highest BCUT2D eigenvalue weighted by atomic mass is 28.4. The van der Waals surface area contributed by atoms with Gasteiger partial charge in [-0.2, -0.15) is 0 Å². The number of hydrogen-bond donors (Lipinski definition) is 0. The highest BCUT2D eigenvalue weighted by Crippen LogP contribution is 2.36. The van der Waals surface area contributed by atoms with E-state index in [4.69, 9.17) is 13.9 Å². The predicted octanol–water partition coefficient (Wildman–Crippen LogP) is 8.44. The van der Waals surface area contributed by atoms with Crippen LogP contribution in [0.5, 0.6) is 0 Å². The average Bonchev–Trinajstić information content (AvgIpc) is 2.70. The number of unbranched alkanes of at least 4 members (excludes halogenated alkanes) is 13. The van der Waals surface area contributed by atoms with Crippen LogP contribution in [0.4, 0.5) is 0 Å². The van der Waals surface area contributed by atoms with Crippen molar-refractivity contribution in [1.29, 1.82) is 0 Å². The normalized spacial score (nSPS) is 13.3. The summed E-state index contributed by atoms with van der Waals surface area (Å²) in [5.74, 6) is -0.270. The molecule has 1 atom stereocenters. The highest BCUT2D eigenvalue weighted by molar-refractivity contribution is 6.74. The van der Waals surface area contributed by atoms with E-state index in [9.17, 15) is 4.79 Å². The zero-order valence-electron chi connectivity index (χ0n) is 22.7. The van der Waals surface area contributed by atoms with E-state index in [0.717, 1.165) is 13.0 Å². The van der Waals surface area contributed by atoms with Gasteiger partial charge < -0.3 is 13.9 Å². The van der Waals surface area contributed by atoms with Crippen molar-refractivity contribution in [3.8, 4) is 0 Å². The average molecular weight is 473 g/mol. The van der Waals surface area contributed by atoms with Crippen LogP contribution in [0.3, 0.4) is 0 Å². The smallest absolute Gasteiger partial charge is 0.303 e. The summed E-state index contributed by atoms with van der Waals surface area (Å²) >= 11 is 0. The first-order valence-corrected chi connectivity index (χ1v) is 16.4. The molecule has 0 aromatic rings. The number of hydrogen-bond acceptors (Lipinski definition) is 4. The van der Waals surface area contributed by atoms with Gasteiger partial charge >= 0.3 is 5.97 Å². The summed E-state index contributed by atoms with van der Waals surface area (Å²) in [6.45, 7) is 16.4. The summed E-state index contributed by atoms with van der Waals surface area (Å²) in [7, 11) is -1.86. The SMILES string of the molecule is CCCCCCCCCCCCCCCCOC[C@H](CO[Si](C)(C)C(C)(C)C)OC(C)=O. The molecule has 0 radical (unpaired) electrons. The van der Waals surface area contributed by atoms with E-state index >= 15 is 0 Å². The van der Waals surface area contributed by atoms with Crippen LogP contribution in [0, 0.1) is 0 Å². The summed E-state index contributed by atoms with van der Waals surface area (Å²) in [5.41, 5.74) is 0. The first-order chi connectivity index (χ1) is 15.1. The van der Waals surface area contributed by atoms with Crippen LogP contribution < -0.4 is 0 Å². The Balaban J connectivity index is 3.68. The number of carbonyl (C=O) groups excluding carboxylic acids is 1. The second kappa shape index (κ2) is 19.0. The molecule has 0 N–H and O–H groups in total. The molecule has 0 aliphatic rings. The molecular weight excluding hydrogens is 416 g/mol. The van der Waals surface area contributed by atoms with Gasteiger partial charge in [0.2, 0.25) is 0 Å². The summed E-state index contributed by atoms with van der Waals surface area (Å²) in [6, 6.07) is 0. The molecule has 0 aliphatic heterocycles. The van der Waals surface area contributed by atoms with Crippen LogP contribution in [-0.4, -0.2) is 40.2 Å². The van der Waals surface area contributed by atoms with Crippen molar-refractivity contribution in [2.24, 2.45) is 0 Å². The Bertz CT molecular complexity index is 445. The zero-order valence-corrected chi connectivity index (χ0v) is 23.7. The molecule has 0 aliphatic carbocycles. The Kier molecular flexibility index (Phi) is 18.7. The van der Waals surface area contributed by atoms with Gasteiger partial charge in [0.1, 0.15) is 6.10 Å². The second-order valence-corrected chi connectivity index (χ2v) is 15.8. The Labute approximate surface area is 201 Å². The van der Waals surface area contributed by atoms with E-state index in [0.29, 0.717) is 13.2 Å². The molecule has 0 saturated heterocycles. The molecule has 4 nitrogen and oxygen atoms in total. The monoisotopic (exact) mass is 472 g/mol. The maximum absolute atomic E-state index is 11.4. The summed E-state index contributed by atoms with van der Waals surface area (Å²) < 4.78 is 17.4. The lowest BCUT2D eigenvalue weighted by atomic mass is 10.0. The van der Waals surface area contributed by atoms with E-state index in [1.165, 1.54) is 90.4 Å². The van der Waals surface area contributed by atoms with E-state index in [2.05, 4.69) is 40.8 Å². The third-order valence-corrected chi connectivity index (χ3v) is 11.2. The molecule has 32 heavy (non-hydrogen) atoms. The van der Waals surface area contributed by atoms with Crippen LogP contribution in [0.25, 0.3) is 0 Å². The molecule has 5 heteroatoms. The number of esters is 1. The molecule has 0 saturated carbocycles. The lowest BCUT2D eigenvalue weighted by Crippen LogP contribution is -2.43. The summed E-state index contributed by atoms with van der Waals surface area (Å²) in [4.78, 5) is 11.4. The third kappa shape index (κ3) is 18.1. The molecule has 0 bridgehead atoms. The van der Waals surface area contributed by atoms with Crippen LogP contribution in [0.15, 0.2) is 0 Å². The molecule has 0 heterocycles. The minimum atomic E-state index is -1.86. The summed E-state index contributed by atoms with van der Waals surface area (Å²) in [5, 5.41) is 0.142. The molecule has 0 aromatic carbocycles. The molecule has 0 fully saturated rings. The van der Waals surface area contributed by atoms with Gasteiger partial charge in [-0.15, -0.1) is 0 Å². The molecule has 0 spiro atoms. The predicted molar refractivity (Wildman–Crippen MR) is 140 cm³/mol. The first kappa shape index (κ1) is 31.6. The van der Waals surface area contributed by atoms with Gasteiger partial charge in [0.05, 0.1) is 13.2 Å².